The average Bonchev–Trinajstić information content (AvgIpc) is 3.42. The number of ether oxygens (including phenoxy) is 4. The van der Waals surface area contributed by atoms with Crippen molar-refractivity contribution >= 4 is 17.9 Å². The third kappa shape index (κ3) is 9.37. The number of aromatic nitrogens is 2. The molecule has 2 amide bonds. The molecule has 3 aliphatic rings. The number of nitrogens with zero attached hydrogens (tertiary/aromatic N) is 2. The van der Waals surface area contributed by atoms with Gasteiger partial charge in [-0.2, -0.15) is 0 Å². The number of allylic oxidation sites excluding steroid dienone is 2. The van der Waals surface area contributed by atoms with Crippen LogP contribution in [0.5, 0.6) is 0 Å². The molecule has 2 N–H and O–H groups in total. The van der Waals surface area contributed by atoms with Crippen LogP contribution in [-0.4, -0.2) is 82.8 Å². The van der Waals surface area contributed by atoms with Crippen LogP contribution in [0, 0.1) is 5.92 Å². The topological polar surface area (TPSA) is 133 Å². The van der Waals surface area contributed by atoms with E-state index in [1.165, 1.54) is 23.9 Å². The van der Waals surface area contributed by atoms with Crippen LogP contribution in [0.25, 0.3) is 0 Å². The molecule has 0 bridgehead atoms. The molecular formula is C31H44N4O7. The fraction of sp³-hybridized carbons (Fsp3) is 0.613. The monoisotopic (exact) mass is 584 g/mol. The minimum atomic E-state index is -0.462. The molecule has 3 fully saturated rings. The van der Waals surface area contributed by atoms with E-state index < -0.39 is 6.10 Å². The van der Waals surface area contributed by atoms with Crippen molar-refractivity contribution in [2.75, 3.05) is 13.2 Å². The molecule has 1 aromatic heterocycles. The first-order valence-electron chi connectivity index (χ1n) is 14.7. The molecule has 0 aromatic carbocycles. The minimum absolute atomic E-state index is 0.0496. The molecule has 8 atom stereocenters. The van der Waals surface area contributed by atoms with Gasteiger partial charge in [0, 0.05) is 44.8 Å². The lowest BCUT2D eigenvalue weighted by atomic mass is 9.88. The van der Waals surface area contributed by atoms with Crippen LogP contribution in [0.3, 0.4) is 0 Å². The van der Waals surface area contributed by atoms with Crippen LogP contribution >= 0.6 is 0 Å². The maximum absolute atomic E-state index is 12.4. The third-order valence-electron chi connectivity index (χ3n) is 7.97. The van der Waals surface area contributed by atoms with E-state index >= 15 is 0 Å². The predicted octanol–water partition coefficient (Wildman–Crippen LogP) is 3.46. The molecule has 11 nitrogen and oxygen atoms in total. The lowest BCUT2D eigenvalue weighted by Gasteiger charge is -2.39. The van der Waals surface area contributed by atoms with Gasteiger partial charge >= 0.3 is 12.0 Å². The molecule has 4 heterocycles. The number of carbonyl (C=O) groups is 3. The molecule has 0 saturated carbocycles. The van der Waals surface area contributed by atoms with Crippen LogP contribution in [0.4, 0.5) is 4.79 Å². The molecule has 42 heavy (non-hydrogen) atoms. The number of imidazole rings is 1. The first-order valence-corrected chi connectivity index (χ1v) is 14.7. The van der Waals surface area contributed by atoms with Crippen molar-refractivity contribution in [3.63, 3.8) is 0 Å². The molecule has 0 aliphatic carbocycles. The average molecular weight is 585 g/mol. The number of epoxide rings is 1. The zero-order valence-corrected chi connectivity index (χ0v) is 25.2. The van der Waals surface area contributed by atoms with E-state index in [1.54, 1.807) is 25.4 Å². The Balaban J connectivity index is 1.23. The molecule has 1 aromatic rings. The summed E-state index contributed by atoms with van der Waals surface area (Å²) >= 11 is 0. The van der Waals surface area contributed by atoms with Gasteiger partial charge in [-0.05, 0) is 45.6 Å². The molecule has 3 aliphatic heterocycles. The standard InChI is InChI=1S/C31H44N4O7/c1-20(6-9-25-15-31(18-39-31)16-26(42-25)17-33-30(38)35-13-12-32-19-35)7-10-28-21(2)14-27(23(4)41-28)34-29(37)11-8-22(3)40-24(5)36/h6-9,11-13,19,21-23,25-28H,10,14-18H2,1-5H3,(H,33,38)(H,34,37)/t21-,22?,23+,25+,26-,27+,28-,31+/m0/s1. The Morgan fingerprint density at radius 2 is 1.98 bits per heavy atom. The van der Waals surface area contributed by atoms with Crippen molar-refractivity contribution in [2.45, 2.75) is 102 Å². The molecule has 1 spiro atoms. The van der Waals surface area contributed by atoms with Crippen LogP contribution in [0.1, 0.15) is 60.3 Å². The summed E-state index contributed by atoms with van der Waals surface area (Å²) in [6.07, 6.45) is 16.3. The number of nitrogens with one attached hydrogen (secondary N) is 2. The normalized spacial score (nSPS) is 32.2. The van der Waals surface area contributed by atoms with Gasteiger partial charge in [0.25, 0.3) is 0 Å². The molecule has 1 unspecified atom stereocenters. The van der Waals surface area contributed by atoms with Gasteiger partial charge in [-0.25, -0.2) is 9.78 Å². The predicted molar refractivity (Wildman–Crippen MR) is 156 cm³/mol. The second kappa shape index (κ2) is 14.3. The van der Waals surface area contributed by atoms with Gasteiger partial charge in [-0.15, -0.1) is 0 Å². The summed E-state index contributed by atoms with van der Waals surface area (Å²) in [7, 11) is 0. The summed E-state index contributed by atoms with van der Waals surface area (Å²) in [4.78, 5) is 39.6. The van der Waals surface area contributed by atoms with Crippen molar-refractivity contribution in [1.82, 2.24) is 20.2 Å². The highest BCUT2D eigenvalue weighted by Crippen LogP contribution is 2.42. The van der Waals surface area contributed by atoms with E-state index in [0.29, 0.717) is 6.54 Å². The number of hydrogen-bond acceptors (Lipinski definition) is 8. The van der Waals surface area contributed by atoms with Crippen molar-refractivity contribution in [2.24, 2.45) is 5.92 Å². The Labute approximate surface area is 247 Å². The third-order valence-corrected chi connectivity index (χ3v) is 7.97. The quantitative estimate of drug-likeness (QED) is 0.185. The Morgan fingerprint density at radius 1 is 1.19 bits per heavy atom. The van der Waals surface area contributed by atoms with E-state index in [-0.39, 0.29) is 59.9 Å². The van der Waals surface area contributed by atoms with Crippen molar-refractivity contribution < 1.29 is 33.3 Å². The number of esters is 1. The summed E-state index contributed by atoms with van der Waals surface area (Å²) in [5.41, 5.74) is 0.963. The number of amides is 2. The first-order chi connectivity index (χ1) is 20.0. The van der Waals surface area contributed by atoms with E-state index in [0.717, 1.165) is 37.9 Å². The highest BCUT2D eigenvalue weighted by atomic mass is 16.6. The van der Waals surface area contributed by atoms with E-state index in [2.05, 4.69) is 47.7 Å². The van der Waals surface area contributed by atoms with Gasteiger partial charge in [0.1, 0.15) is 12.4 Å². The zero-order valence-electron chi connectivity index (χ0n) is 25.2. The van der Waals surface area contributed by atoms with Crippen LogP contribution < -0.4 is 10.6 Å². The summed E-state index contributed by atoms with van der Waals surface area (Å²) < 4.78 is 24.8. The van der Waals surface area contributed by atoms with Crippen LogP contribution in [-0.2, 0) is 28.5 Å². The maximum Gasteiger partial charge on any atom is 0.326 e. The van der Waals surface area contributed by atoms with Gasteiger partial charge in [-0.1, -0.05) is 30.7 Å². The molecule has 0 radical (unpaired) electrons. The Kier molecular flexibility index (Phi) is 10.7. The maximum atomic E-state index is 12.4. The van der Waals surface area contributed by atoms with Crippen molar-refractivity contribution in [3.8, 4) is 0 Å². The zero-order chi connectivity index (χ0) is 30.3. The summed E-state index contributed by atoms with van der Waals surface area (Å²) in [6.45, 7) is 10.4. The summed E-state index contributed by atoms with van der Waals surface area (Å²) in [5.74, 6) is -0.356. The van der Waals surface area contributed by atoms with E-state index in [4.69, 9.17) is 18.9 Å². The summed E-state index contributed by atoms with van der Waals surface area (Å²) in [6, 6.07) is -0.330. The Morgan fingerprint density at radius 3 is 2.67 bits per heavy atom. The molecule has 11 heteroatoms. The first kappa shape index (κ1) is 31.7. The summed E-state index contributed by atoms with van der Waals surface area (Å²) in [5, 5.41) is 5.93. The molecular weight excluding hydrogens is 540 g/mol. The lowest BCUT2D eigenvalue weighted by molar-refractivity contribution is -0.143. The second-order valence-corrected chi connectivity index (χ2v) is 11.8. The van der Waals surface area contributed by atoms with Gasteiger partial charge in [0.05, 0.1) is 42.7 Å². The Hall–Kier alpha value is -3.28. The smallest absolute Gasteiger partial charge is 0.326 e. The van der Waals surface area contributed by atoms with Gasteiger partial charge in [0.15, 0.2) is 0 Å². The SMILES string of the molecule is CC(=O)OC(C)C=CC(=O)N[C@@H]1C[C@H](C)[C@H](CC=C(C)C=C[C@@H]2C[C@]3(CO3)C[C@@H](CNC(=O)n3ccnc3)O2)O[C@@H]1C. The minimum Gasteiger partial charge on any atom is -0.459 e. The fourth-order valence-corrected chi connectivity index (χ4v) is 5.55. The van der Waals surface area contributed by atoms with Crippen molar-refractivity contribution in [1.29, 1.82) is 0 Å². The lowest BCUT2D eigenvalue weighted by Crippen LogP contribution is -2.50. The van der Waals surface area contributed by atoms with Crippen LogP contribution in [0.2, 0.25) is 0 Å². The molecule has 230 valence electrons. The Bertz CT molecular complexity index is 1170. The van der Waals surface area contributed by atoms with Crippen molar-refractivity contribution in [3.05, 3.63) is 54.7 Å². The second-order valence-electron chi connectivity index (χ2n) is 11.8. The van der Waals surface area contributed by atoms with Crippen LogP contribution in [0.15, 0.2) is 54.7 Å². The molecule has 3 saturated heterocycles. The van der Waals surface area contributed by atoms with Gasteiger partial charge < -0.3 is 29.6 Å². The highest BCUT2D eigenvalue weighted by Gasteiger charge is 2.51. The van der Waals surface area contributed by atoms with E-state index in [1.807, 2.05) is 6.92 Å². The molecule has 4 rings (SSSR count). The largest absolute Gasteiger partial charge is 0.459 e. The number of carbonyl (C=O) groups excluding carboxylic acids is 3. The fourth-order valence-electron chi connectivity index (χ4n) is 5.55. The number of hydrogen-bond donors (Lipinski definition) is 2. The van der Waals surface area contributed by atoms with Gasteiger partial charge in [-0.3, -0.25) is 14.2 Å². The highest BCUT2D eigenvalue weighted by molar-refractivity contribution is 5.87. The van der Waals surface area contributed by atoms with E-state index in [9.17, 15) is 14.4 Å². The van der Waals surface area contributed by atoms with Gasteiger partial charge in [0.2, 0.25) is 5.91 Å². The number of rotatable bonds is 10.